The maximum Gasteiger partial charge on any atom is 0.339 e. The van der Waals surface area contributed by atoms with Gasteiger partial charge < -0.3 is 15.3 Å². The summed E-state index contributed by atoms with van der Waals surface area (Å²) in [4.78, 5) is 25.8. The summed E-state index contributed by atoms with van der Waals surface area (Å²) >= 11 is 0. The Balaban J connectivity index is 3.42. The minimum atomic E-state index is -2.70. The van der Waals surface area contributed by atoms with Gasteiger partial charge in [0.15, 0.2) is 0 Å². The van der Waals surface area contributed by atoms with Crippen LogP contribution in [0.3, 0.4) is 0 Å². The van der Waals surface area contributed by atoms with Crippen molar-refractivity contribution < 1.29 is 23.6 Å². The number of aromatic nitrogens is 1. The second kappa shape index (κ2) is 6.08. The highest BCUT2D eigenvalue weighted by Crippen LogP contribution is 2.29. The molecular weight excluding hydrogens is 278 g/mol. The monoisotopic (exact) mass is 290 g/mol. The Morgan fingerprint density at radius 3 is 2.65 bits per heavy atom. The second-order valence-corrected chi connectivity index (χ2v) is 3.81. The highest BCUT2D eigenvalue weighted by Gasteiger charge is 2.25. The summed E-state index contributed by atoms with van der Waals surface area (Å²) in [5.41, 5.74) is -1.06. The number of anilines is 2. The molecular formula is C10H12F2N4O4. The number of alkyl halides is 2. The van der Waals surface area contributed by atoms with Gasteiger partial charge in [-0.25, -0.2) is 18.6 Å². The van der Waals surface area contributed by atoms with Crippen molar-refractivity contribution in [2.45, 2.75) is 6.43 Å². The fourth-order valence-electron chi connectivity index (χ4n) is 1.56. The maximum absolute atomic E-state index is 12.4. The van der Waals surface area contributed by atoms with Crippen molar-refractivity contribution in [2.75, 3.05) is 30.9 Å². The molecule has 0 saturated heterocycles. The Kier molecular flexibility index (Phi) is 4.73. The zero-order valence-electron chi connectivity index (χ0n) is 10.6. The van der Waals surface area contributed by atoms with Gasteiger partial charge in [-0.15, -0.1) is 0 Å². The van der Waals surface area contributed by atoms with E-state index in [2.05, 4.69) is 10.3 Å². The number of carbonyl (C=O) groups is 1. The summed E-state index contributed by atoms with van der Waals surface area (Å²) in [5.74, 6) is -1.96. The number of hydrogen-bond donors (Lipinski definition) is 2. The summed E-state index contributed by atoms with van der Waals surface area (Å²) in [6.45, 7) is -0.742. The number of halogens is 2. The lowest BCUT2D eigenvalue weighted by atomic mass is 10.2. The van der Waals surface area contributed by atoms with E-state index >= 15 is 0 Å². The van der Waals surface area contributed by atoms with Gasteiger partial charge in [0.1, 0.15) is 11.4 Å². The quantitative estimate of drug-likeness (QED) is 0.602. The Hall–Kier alpha value is -2.52. The summed E-state index contributed by atoms with van der Waals surface area (Å²) in [7, 11) is 2.58. The maximum atomic E-state index is 12.4. The van der Waals surface area contributed by atoms with E-state index in [9.17, 15) is 23.7 Å². The number of nitrogens with one attached hydrogen (secondary N) is 1. The number of nitro groups is 1. The summed E-state index contributed by atoms with van der Waals surface area (Å²) in [6, 6.07) is 0.790. The largest absolute Gasteiger partial charge is 0.478 e. The second-order valence-electron chi connectivity index (χ2n) is 3.81. The topological polar surface area (TPSA) is 109 Å². The van der Waals surface area contributed by atoms with E-state index in [1.807, 2.05) is 0 Å². The molecule has 110 valence electrons. The van der Waals surface area contributed by atoms with Crippen LogP contribution in [-0.2, 0) is 0 Å². The Bertz CT molecular complexity index is 538. The van der Waals surface area contributed by atoms with Crippen molar-refractivity contribution in [3.8, 4) is 0 Å². The molecule has 0 radical (unpaired) electrons. The number of pyridine rings is 1. The van der Waals surface area contributed by atoms with E-state index in [0.717, 1.165) is 11.0 Å². The number of aromatic carboxylic acids is 1. The molecule has 0 aromatic carbocycles. The third kappa shape index (κ3) is 3.28. The lowest BCUT2D eigenvalue weighted by Gasteiger charge is -2.20. The zero-order valence-corrected chi connectivity index (χ0v) is 10.6. The number of carboxylic acid groups (broad SMARTS) is 1. The molecule has 2 N–H and O–H groups in total. The molecule has 0 aliphatic rings. The summed E-state index contributed by atoms with van der Waals surface area (Å²) in [5, 5.41) is 22.3. The highest BCUT2D eigenvalue weighted by molar-refractivity contribution is 5.95. The molecule has 0 fully saturated rings. The van der Waals surface area contributed by atoms with Crippen molar-refractivity contribution in [1.29, 1.82) is 0 Å². The number of carboxylic acids is 1. The van der Waals surface area contributed by atoms with Crippen LogP contribution in [0.2, 0.25) is 0 Å². The molecule has 10 heteroatoms. The number of hydrogen-bond acceptors (Lipinski definition) is 6. The first-order valence-electron chi connectivity index (χ1n) is 5.37. The van der Waals surface area contributed by atoms with Crippen LogP contribution in [0.25, 0.3) is 0 Å². The van der Waals surface area contributed by atoms with Gasteiger partial charge in [-0.1, -0.05) is 0 Å². The van der Waals surface area contributed by atoms with Gasteiger partial charge in [-0.3, -0.25) is 10.1 Å². The van der Waals surface area contributed by atoms with Crippen molar-refractivity contribution >= 4 is 23.3 Å². The van der Waals surface area contributed by atoms with Gasteiger partial charge >= 0.3 is 11.7 Å². The smallest absolute Gasteiger partial charge is 0.339 e. The first kappa shape index (κ1) is 15.5. The van der Waals surface area contributed by atoms with Gasteiger partial charge in [0.05, 0.1) is 11.5 Å². The molecule has 0 aliphatic carbocycles. The van der Waals surface area contributed by atoms with Crippen LogP contribution >= 0.6 is 0 Å². The van der Waals surface area contributed by atoms with Gasteiger partial charge in [0.2, 0.25) is 5.82 Å². The van der Waals surface area contributed by atoms with E-state index < -0.39 is 35.1 Å². The number of nitrogens with zero attached hydrogens (tertiary/aromatic N) is 3. The predicted molar refractivity (Wildman–Crippen MR) is 66.7 cm³/mol. The van der Waals surface area contributed by atoms with Crippen molar-refractivity contribution in [3.05, 3.63) is 21.7 Å². The van der Waals surface area contributed by atoms with Gasteiger partial charge in [0.25, 0.3) is 6.43 Å². The predicted octanol–water partition coefficient (Wildman–Crippen LogP) is 1.43. The third-order valence-electron chi connectivity index (χ3n) is 2.42. The molecule has 8 nitrogen and oxygen atoms in total. The van der Waals surface area contributed by atoms with Crippen LogP contribution in [0, 0.1) is 10.1 Å². The minimum absolute atomic E-state index is 0.198. The van der Waals surface area contributed by atoms with E-state index in [4.69, 9.17) is 5.11 Å². The van der Waals surface area contributed by atoms with Crippen LogP contribution in [0.1, 0.15) is 10.4 Å². The van der Waals surface area contributed by atoms with Crippen LogP contribution in [-0.4, -0.2) is 48.0 Å². The molecule has 0 aliphatic heterocycles. The molecule has 0 amide bonds. The standard InChI is InChI=1S/C10H12F2N4O4/c1-13-8-6(16(19)20)3-5(10(17)18)9(14-8)15(2)4-7(11)12/h3,7H,4H2,1-2H3,(H,13,14)(H,17,18). The zero-order chi connectivity index (χ0) is 15.4. The molecule has 1 heterocycles. The lowest BCUT2D eigenvalue weighted by molar-refractivity contribution is -0.384. The van der Waals surface area contributed by atoms with Crippen LogP contribution in [0.4, 0.5) is 26.1 Å². The van der Waals surface area contributed by atoms with Crippen molar-refractivity contribution in [2.24, 2.45) is 0 Å². The molecule has 1 aromatic rings. The fraction of sp³-hybridized carbons (Fsp3) is 0.400. The molecule has 0 unspecified atom stereocenters. The van der Waals surface area contributed by atoms with E-state index in [-0.39, 0.29) is 11.6 Å². The average molecular weight is 290 g/mol. The molecule has 20 heavy (non-hydrogen) atoms. The van der Waals surface area contributed by atoms with Crippen molar-refractivity contribution in [3.63, 3.8) is 0 Å². The summed E-state index contributed by atoms with van der Waals surface area (Å²) < 4.78 is 24.7. The molecule has 1 rings (SSSR count). The van der Waals surface area contributed by atoms with E-state index in [1.54, 1.807) is 0 Å². The highest BCUT2D eigenvalue weighted by atomic mass is 19.3. The molecule has 0 atom stereocenters. The average Bonchev–Trinajstić information content (AvgIpc) is 2.35. The van der Waals surface area contributed by atoms with Crippen LogP contribution in [0.5, 0.6) is 0 Å². The molecule has 0 spiro atoms. The van der Waals surface area contributed by atoms with Gasteiger partial charge in [0, 0.05) is 20.2 Å². The van der Waals surface area contributed by atoms with Gasteiger partial charge in [-0.05, 0) is 0 Å². The SMILES string of the molecule is CNc1nc(N(C)CC(F)F)c(C(=O)O)cc1[N+](=O)[O-]. The molecule has 0 bridgehead atoms. The number of rotatable bonds is 6. The Labute approximate surface area is 112 Å². The Morgan fingerprint density at radius 2 is 2.25 bits per heavy atom. The van der Waals surface area contributed by atoms with E-state index in [1.165, 1.54) is 14.1 Å². The van der Waals surface area contributed by atoms with Crippen LogP contribution < -0.4 is 10.2 Å². The Morgan fingerprint density at radius 1 is 1.65 bits per heavy atom. The molecule has 1 aromatic heterocycles. The van der Waals surface area contributed by atoms with E-state index in [0.29, 0.717) is 0 Å². The first-order valence-corrected chi connectivity index (χ1v) is 5.37. The van der Waals surface area contributed by atoms with Crippen LogP contribution in [0.15, 0.2) is 6.07 Å². The molecule has 0 saturated carbocycles. The normalized spacial score (nSPS) is 10.4. The van der Waals surface area contributed by atoms with Crippen molar-refractivity contribution in [1.82, 2.24) is 4.98 Å². The summed E-state index contributed by atoms with van der Waals surface area (Å²) in [6.07, 6.45) is -2.70. The first-order chi connectivity index (χ1) is 9.27. The third-order valence-corrected chi connectivity index (χ3v) is 2.42. The fourth-order valence-corrected chi connectivity index (χ4v) is 1.56. The van der Waals surface area contributed by atoms with Gasteiger partial charge in [-0.2, -0.15) is 0 Å². The lowest BCUT2D eigenvalue weighted by Crippen LogP contribution is -2.27. The minimum Gasteiger partial charge on any atom is -0.478 e.